The van der Waals surface area contributed by atoms with Crippen molar-refractivity contribution in [1.29, 1.82) is 0 Å². The molecule has 1 saturated heterocycles. The summed E-state index contributed by atoms with van der Waals surface area (Å²) in [6.45, 7) is 4.71. The van der Waals surface area contributed by atoms with Crippen LogP contribution in [0.2, 0.25) is 0 Å². The van der Waals surface area contributed by atoms with E-state index in [1.807, 2.05) is 18.2 Å². The fraction of sp³-hybridized carbons (Fsp3) is 0.529. The number of ether oxygens (including phenoxy) is 2. The Kier molecular flexibility index (Phi) is 3.69. The minimum absolute atomic E-state index is 0.186. The number of nitrogens with zero attached hydrogens (tertiary/aromatic N) is 2. The molecule has 23 heavy (non-hydrogen) atoms. The number of fused-ring (bicyclic) bond motifs is 1. The largest absolute Gasteiger partial charge is 0.480 e. The summed E-state index contributed by atoms with van der Waals surface area (Å²) in [5.74, 6) is 1.43. The third kappa shape index (κ3) is 3.03. The lowest BCUT2D eigenvalue weighted by atomic mass is 9.82. The Hall–Kier alpha value is -2.08. The van der Waals surface area contributed by atoms with Gasteiger partial charge in [0.25, 0.3) is 5.89 Å². The van der Waals surface area contributed by atoms with E-state index in [1.54, 1.807) is 0 Å². The van der Waals surface area contributed by atoms with Crippen LogP contribution < -0.4 is 10.1 Å². The van der Waals surface area contributed by atoms with Crippen molar-refractivity contribution in [2.75, 3.05) is 25.1 Å². The SMILES string of the molecule is CC1(CNc2nnc([C@@H]3Cc4ccccc4O3)o2)CCOCC1. The molecule has 2 aliphatic heterocycles. The molecule has 2 aliphatic rings. The predicted molar refractivity (Wildman–Crippen MR) is 84.5 cm³/mol. The Morgan fingerprint density at radius 1 is 1.22 bits per heavy atom. The first-order valence-corrected chi connectivity index (χ1v) is 8.11. The van der Waals surface area contributed by atoms with Crippen LogP contribution >= 0.6 is 0 Å². The van der Waals surface area contributed by atoms with Crippen molar-refractivity contribution in [2.45, 2.75) is 32.3 Å². The number of benzene rings is 1. The molecule has 0 bridgehead atoms. The molecule has 1 aromatic carbocycles. The van der Waals surface area contributed by atoms with Gasteiger partial charge in [-0.25, -0.2) is 0 Å². The van der Waals surface area contributed by atoms with E-state index in [9.17, 15) is 0 Å². The second kappa shape index (κ2) is 5.85. The first kappa shape index (κ1) is 14.5. The molecule has 0 radical (unpaired) electrons. The van der Waals surface area contributed by atoms with E-state index < -0.39 is 0 Å². The van der Waals surface area contributed by atoms with Gasteiger partial charge in [0, 0.05) is 26.2 Å². The number of hydrogen-bond acceptors (Lipinski definition) is 6. The molecule has 0 saturated carbocycles. The van der Waals surface area contributed by atoms with Gasteiger partial charge in [-0.15, -0.1) is 5.10 Å². The third-order valence-corrected chi connectivity index (χ3v) is 4.73. The van der Waals surface area contributed by atoms with Gasteiger partial charge in [0.05, 0.1) is 0 Å². The standard InChI is InChI=1S/C17H21N3O3/c1-17(6-8-21-9-7-17)11-18-16-20-19-15(23-16)14-10-12-4-2-3-5-13(12)22-14/h2-5,14H,6-11H2,1H3,(H,18,20)/t14-/m0/s1. The first-order valence-electron chi connectivity index (χ1n) is 8.11. The third-order valence-electron chi connectivity index (χ3n) is 4.73. The van der Waals surface area contributed by atoms with E-state index in [4.69, 9.17) is 13.9 Å². The van der Waals surface area contributed by atoms with Crippen molar-refractivity contribution in [2.24, 2.45) is 5.41 Å². The van der Waals surface area contributed by atoms with Crippen LogP contribution in [0, 0.1) is 5.41 Å². The zero-order valence-electron chi connectivity index (χ0n) is 13.2. The summed E-state index contributed by atoms with van der Waals surface area (Å²) < 4.78 is 17.0. The number of anilines is 1. The lowest BCUT2D eigenvalue weighted by Gasteiger charge is -2.33. The summed E-state index contributed by atoms with van der Waals surface area (Å²) in [6, 6.07) is 8.48. The fourth-order valence-electron chi connectivity index (χ4n) is 3.09. The van der Waals surface area contributed by atoms with Crippen LogP contribution in [-0.4, -0.2) is 30.0 Å². The zero-order valence-corrected chi connectivity index (χ0v) is 13.2. The maximum absolute atomic E-state index is 5.88. The van der Waals surface area contributed by atoms with Gasteiger partial charge in [0.2, 0.25) is 0 Å². The summed E-state index contributed by atoms with van der Waals surface area (Å²) in [6.07, 6.45) is 2.67. The molecule has 1 N–H and O–H groups in total. The molecule has 6 heteroatoms. The quantitative estimate of drug-likeness (QED) is 0.935. The number of hydrogen-bond donors (Lipinski definition) is 1. The van der Waals surface area contributed by atoms with E-state index in [0.717, 1.165) is 44.8 Å². The second-order valence-corrected chi connectivity index (χ2v) is 6.64. The topological polar surface area (TPSA) is 69.4 Å². The van der Waals surface area contributed by atoms with Gasteiger partial charge >= 0.3 is 6.01 Å². The van der Waals surface area contributed by atoms with Crippen molar-refractivity contribution in [3.8, 4) is 5.75 Å². The van der Waals surface area contributed by atoms with Gasteiger partial charge in [0.15, 0.2) is 6.10 Å². The smallest absolute Gasteiger partial charge is 0.315 e. The average Bonchev–Trinajstić information content (AvgIpc) is 3.20. The van der Waals surface area contributed by atoms with Crippen molar-refractivity contribution < 1.29 is 13.9 Å². The maximum Gasteiger partial charge on any atom is 0.315 e. The van der Waals surface area contributed by atoms with Crippen LogP contribution in [0.3, 0.4) is 0 Å². The minimum Gasteiger partial charge on any atom is -0.480 e. The first-order chi connectivity index (χ1) is 11.2. The summed E-state index contributed by atoms with van der Waals surface area (Å²) >= 11 is 0. The lowest BCUT2D eigenvalue weighted by molar-refractivity contribution is 0.0297. The maximum atomic E-state index is 5.88. The molecular weight excluding hydrogens is 294 g/mol. The zero-order chi connectivity index (χ0) is 15.7. The van der Waals surface area contributed by atoms with Crippen molar-refractivity contribution in [3.05, 3.63) is 35.7 Å². The molecule has 3 heterocycles. The number of nitrogens with one attached hydrogen (secondary N) is 1. The molecular formula is C17H21N3O3. The van der Waals surface area contributed by atoms with Crippen LogP contribution in [0.1, 0.15) is 37.3 Å². The molecule has 6 nitrogen and oxygen atoms in total. The molecule has 1 fully saturated rings. The van der Waals surface area contributed by atoms with Gasteiger partial charge in [-0.05, 0) is 29.9 Å². The van der Waals surface area contributed by atoms with E-state index in [-0.39, 0.29) is 11.5 Å². The predicted octanol–water partition coefficient (Wildman–Crippen LogP) is 2.97. The Labute approximate surface area is 135 Å². The Morgan fingerprint density at radius 2 is 2.04 bits per heavy atom. The summed E-state index contributed by atoms with van der Waals surface area (Å²) in [5.41, 5.74) is 1.40. The van der Waals surface area contributed by atoms with E-state index in [0.29, 0.717) is 11.9 Å². The van der Waals surface area contributed by atoms with Gasteiger partial charge in [-0.1, -0.05) is 30.2 Å². The summed E-state index contributed by atoms with van der Waals surface area (Å²) in [4.78, 5) is 0. The van der Waals surface area contributed by atoms with Crippen molar-refractivity contribution >= 4 is 6.01 Å². The van der Waals surface area contributed by atoms with Gasteiger partial charge in [-0.2, -0.15) is 0 Å². The minimum atomic E-state index is -0.186. The number of aromatic nitrogens is 2. The van der Waals surface area contributed by atoms with Gasteiger partial charge in [0.1, 0.15) is 5.75 Å². The monoisotopic (exact) mass is 315 g/mol. The molecule has 0 aliphatic carbocycles. The molecule has 1 aromatic heterocycles. The van der Waals surface area contributed by atoms with Crippen molar-refractivity contribution in [3.63, 3.8) is 0 Å². The van der Waals surface area contributed by atoms with E-state index >= 15 is 0 Å². The highest BCUT2D eigenvalue weighted by molar-refractivity contribution is 5.38. The molecule has 4 rings (SSSR count). The molecule has 1 atom stereocenters. The highest BCUT2D eigenvalue weighted by atomic mass is 16.5. The van der Waals surface area contributed by atoms with Gasteiger partial charge in [-0.3, -0.25) is 0 Å². The Balaban J connectivity index is 1.38. The summed E-state index contributed by atoms with van der Waals surface area (Å²) in [7, 11) is 0. The number of rotatable bonds is 4. The fourth-order valence-corrected chi connectivity index (χ4v) is 3.09. The molecule has 2 aromatic rings. The normalized spacial score (nSPS) is 22.4. The molecule has 122 valence electrons. The average molecular weight is 315 g/mol. The Bertz CT molecular complexity index is 654. The van der Waals surface area contributed by atoms with E-state index in [2.05, 4.69) is 28.5 Å². The Morgan fingerprint density at radius 3 is 2.87 bits per heavy atom. The van der Waals surface area contributed by atoms with Gasteiger partial charge < -0.3 is 19.2 Å². The van der Waals surface area contributed by atoms with Crippen LogP contribution in [-0.2, 0) is 11.2 Å². The van der Waals surface area contributed by atoms with Crippen molar-refractivity contribution in [1.82, 2.24) is 10.2 Å². The molecule has 0 unspecified atom stereocenters. The highest BCUT2D eigenvalue weighted by Gasteiger charge is 2.30. The van der Waals surface area contributed by atoms with Crippen LogP contribution in [0.25, 0.3) is 0 Å². The van der Waals surface area contributed by atoms with Crippen LogP contribution in [0.4, 0.5) is 6.01 Å². The lowest BCUT2D eigenvalue weighted by Crippen LogP contribution is -2.33. The number of para-hydroxylation sites is 1. The highest BCUT2D eigenvalue weighted by Crippen LogP contribution is 2.36. The summed E-state index contributed by atoms with van der Waals surface area (Å²) in [5, 5.41) is 11.5. The second-order valence-electron chi connectivity index (χ2n) is 6.64. The molecule has 0 amide bonds. The van der Waals surface area contributed by atoms with E-state index in [1.165, 1.54) is 5.56 Å². The van der Waals surface area contributed by atoms with Crippen LogP contribution in [0.15, 0.2) is 28.7 Å². The molecule has 0 spiro atoms. The van der Waals surface area contributed by atoms with Crippen LogP contribution in [0.5, 0.6) is 5.75 Å².